The summed E-state index contributed by atoms with van der Waals surface area (Å²) < 4.78 is 0. The molecule has 0 amide bonds. The number of nitrogens with zero attached hydrogens (tertiary/aromatic N) is 1. The van der Waals surface area contributed by atoms with Crippen molar-refractivity contribution in [3.8, 4) is 0 Å². The molecule has 1 atom stereocenters. The van der Waals surface area contributed by atoms with E-state index >= 15 is 0 Å². The van der Waals surface area contributed by atoms with Crippen molar-refractivity contribution < 1.29 is 0 Å². The molecular weight excluding hydrogens is 254 g/mol. The van der Waals surface area contributed by atoms with Crippen LogP contribution in [0.5, 0.6) is 0 Å². The molecule has 1 nitrogen and oxygen atoms in total. The summed E-state index contributed by atoms with van der Waals surface area (Å²) in [6.45, 7) is 9.09. The van der Waals surface area contributed by atoms with Gasteiger partial charge in [-0.05, 0) is 42.7 Å². The highest BCUT2D eigenvalue weighted by molar-refractivity contribution is 6.00. The Balaban J connectivity index is 2.07. The van der Waals surface area contributed by atoms with Gasteiger partial charge >= 0.3 is 0 Å². The second kappa shape index (κ2) is 7.59. The molecule has 1 aliphatic heterocycles. The predicted octanol–water partition coefficient (Wildman–Crippen LogP) is 6.11. The fraction of sp³-hybridized carbons (Fsp3) is 0.550. The van der Waals surface area contributed by atoms with Gasteiger partial charge in [-0.1, -0.05) is 63.9 Å². The lowest BCUT2D eigenvalue weighted by molar-refractivity contribution is 0.473. The van der Waals surface area contributed by atoms with Crippen LogP contribution in [0.3, 0.4) is 0 Å². The van der Waals surface area contributed by atoms with Gasteiger partial charge in [0.2, 0.25) is 0 Å². The molecule has 114 valence electrons. The predicted molar refractivity (Wildman–Crippen MR) is 93.6 cm³/mol. The van der Waals surface area contributed by atoms with Crippen molar-refractivity contribution in [2.45, 2.75) is 59.8 Å². The van der Waals surface area contributed by atoms with E-state index in [1.807, 2.05) is 0 Å². The Kier molecular flexibility index (Phi) is 5.78. The molecule has 0 saturated carbocycles. The van der Waals surface area contributed by atoms with E-state index in [2.05, 4.69) is 58.0 Å². The van der Waals surface area contributed by atoms with Crippen LogP contribution in [0.4, 0.5) is 0 Å². The highest BCUT2D eigenvalue weighted by atomic mass is 14.8. The summed E-state index contributed by atoms with van der Waals surface area (Å²) in [4.78, 5) is 4.94. The van der Waals surface area contributed by atoms with Crippen LogP contribution in [0.2, 0.25) is 0 Å². The van der Waals surface area contributed by atoms with Gasteiger partial charge in [-0.3, -0.25) is 4.99 Å². The van der Waals surface area contributed by atoms with Crippen LogP contribution in [-0.4, -0.2) is 5.71 Å². The average Bonchev–Trinajstić information content (AvgIpc) is 2.86. The van der Waals surface area contributed by atoms with Crippen molar-refractivity contribution in [1.82, 2.24) is 0 Å². The summed E-state index contributed by atoms with van der Waals surface area (Å²) >= 11 is 0. The van der Waals surface area contributed by atoms with Crippen LogP contribution in [0.1, 0.15) is 65.4 Å². The van der Waals surface area contributed by atoms with Gasteiger partial charge in [0.1, 0.15) is 0 Å². The molecule has 1 unspecified atom stereocenters. The first-order valence-corrected chi connectivity index (χ1v) is 8.44. The molecule has 0 bridgehead atoms. The molecule has 0 saturated heterocycles. The van der Waals surface area contributed by atoms with Crippen molar-refractivity contribution >= 4 is 11.3 Å². The molecule has 1 aromatic rings. The molecule has 0 radical (unpaired) electrons. The third-order valence-electron chi connectivity index (χ3n) is 4.43. The first-order valence-electron chi connectivity index (χ1n) is 8.44. The molecule has 1 aromatic carbocycles. The fourth-order valence-corrected chi connectivity index (χ4v) is 3.18. The highest BCUT2D eigenvalue weighted by Gasteiger charge is 2.23. The normalized spacial score (nSPS) is 16.5. The van der Waals surface area contributed by atoms with Gasteiger partial charge < -0.3 is 0 Å². The molecule has 2 rings (SSSR count). The minimum absolute atomic E-state index is 0.675. The van der Waals surface area contributed by atoms with E-state index in [0.717, 1.165) is 12.3 Å². The van der Waals surface area contributed by atoms with Crippen molar-refractivity contribution in [1.29, 1.82) is 0 Å². The lowest BCUT2D eigenvalue weighted by Crippen LogP contribution is -2.14. The average molecular weight is 283 g/mol. The van der Waals surface area contributed by atoms with Crippen molar-refractivity contribution in [2.75, 3.05) is 0 Å². The molecule has 0 aromatic heterocycles. The molecule has 21 heavy (non-hydrogen) atoms. The Morgan fingerprint density at radius 3 is 2.38 bits per heavy atom. The third kappa shape index (κ3) is 4.30. The standard InChI is InChI=1S/C20H29N/c1-5-9-18(13-12-15(2)3)20-14-19(16(4)21-20)17-10-7-6-8-11-17/h6-8,10-11,15,18H,5,9,12-14H2,1-4H3. The quantitative estimate of drug-likeness (QED) is 0.572. The Morgan fingerprint density at radius 1 is 1.05 bits per heavy atom. The molecule has 0 spiro atoms. The summed E-state index contributed by atoms with van der Waals surface area (Å²) in [5, 5.41) is 0. The summed E-state index contributed by atoms with van der Waals surface area (Å²) in [7, 11) is 0. The summed E-state index contributed by atoms with van der Waals surface area (Å²) in [5.74, 6) is 1.46. The maximum Gasteiger partial charge on any atom is 0.0414 e. The van der Waals surface area contributed by atoms with Gasteiger partial charge in [-0.2, -0.15) is 0 Å². The van der Waals surface area contributed by atoms with Gasteiger partial charge in [0.05, 0.1) is 0 Å². The molecule has 0 N–H and O–H groups in total. The molecule has 0 aliphatic carbocycles. The Bertz CT molecular complexity index is 508. The van der Waals surface area contributed by atoms with E-state index in [1.54, 1.807) is 0 Å². The molecule has 0 fully saturated rings. The van der Waals surface area contributed by atoms with Crippen molar-refractivity contribution in [3.63, 3.8) is 0 Å². The molecule has 1 heteroatoms. The van der Waals surface area contributed by atoms with Gasteiger partial charge in [0, 0.05) is 17.8 Å². The van der Waals surface area contributed by atoms with Crippen molar-refractivity contribution in [3.05, 3.63) is 41.6 Å². The van der Waals surface area contributed by atoms with Crippen LogP contribution in [0, 0.1) is 11.8 Å². The summed E-state index contributed by atoms with van der Waals surface area (Å²) in [6, 6.07) is 10.7. The first-order chi connectivity index (χ1) is 10.1. The van der Waals surface area contributed by atoms with E-state index < -0.39 is 0 Å². The van der Waals surface area contributed by atoms with Gasteiger partial charge in [-0.25, -0.2) is 0 Å². The monoisotopic (exact) mass is 283 g/mol. The Hall–Kier alpha value is -1.37. The summed E-state index contributed by atoms with van der Waals surface area (Å²) in [5.41, 5.74) is 5.42. The SMILES string of the molecule is CCCC(CCC(C)C)C1=NC(C)=C(c2ccccc2)C1. The molecular formula is C20H29N. The molecule has 1 aliphatic rings. The lowest BCUT2D eigenvalue weighted by atomic mass is 9.87. The van der Waals surface area contributed by atoms with E-state index in [1.165, 1.54) is 48.2 Å². The minimum atomic E-state index is 0.675. The van der Waals surface area contributed by atoms with E-state index in [0.29, 0.717) is 5.92 Å². The van der Waals surface area contributed by atoms with Crippen LogP contribution in [0.15, 0.2) is 41.0 Å². The molecule has 1 heterocycles. The summed E-state index contributed by atoms with van der Waals surface area (Å²) in [6.07, 6.45) is 6.18. The van der Waals surface area contributed by atoms with Gasteiger partial charge in [0.15, 0.2) is 0 Å². The van der Waals surface area contributed by atoms with Gasteiger partial charge in [0.25, 0.3) is 0 Å². The minimum Gasteiger partial charge on any atom is -0.262 e. The maximum absolute atomic E-state index is 4.94. The highest BCUT2D eigenvalue weighted by Crippen LogP contribution is 2.34. The Labute approximate surface area is 130 Å². The zero-order valence-corrected chi connectivity index (χ0v) is 14.0. The second-order valence-electron chi connectivity index (χ2n) is 6.67. The second-order valence-corrected chi connectivity index (χ2v) is 6.67. The third-order valence-corrected chi connectivity index (χ3v) is 4.43. The van der Waals surface area contributed by atoms with E-state index in [4.69, 9.17) is 4.99 Å². The Morgan fingerprint density at radius 2 is 1.76 bits per heavy atom. The van der Waals surface area contributed by atoms with Crippen LogP contribution in [-0.2, 0) is 0 Å². The van der Waals surface area contributed by atoms with Crippen molar-refractivity contribution in [2.24, 2.45) is 16.8 Å². The van der Waals surface area contributed by atoms with Crippen LogP contribution < -0.4 is 0 Å². The maximum atomic E-state index is 4.94. The van der Waals surface area contributed by atoms with E-state index in [-0.39, 0.29) is 0 Å². The smallest absolute Gasteiger partial charge is 0.0414 e. The largest absolute Gasteiger partial charge is 0.262 e. The zero-order chi connectivity index (χ0) is 15.2. The number of benzene rings is 1. The van der Waals surface area contributed by atoms with E-state index in [9.17, 15) is 0 Å². The van der Waals surface area contributed by atoms with Crippen LogP contribution in [0.25, 0.3) is 5.57 Å². The zero-order valence-electron chi connectivity index (χ0n) is 14.0. The lowest BCUT2D eigenvalue weighted by Gasteiger charge is -2.18. The number of hydrogen-bond acceptors (Lipinski definition) is 1. The number of rotatable bonds is 7. The number of aliphatic imine (C=N–C) groups is 1. The van der Waals surface area contributed by atoms with Gasteiger partial charge in [-0.15, -0.1) is 0 Å². The van der Waals surface area contributed by atoms with Crippen LogP contribution >= 0.6 is 0 Å². The first kappa shape index (κ1) is 16.0. The topological polar surface area (TPSA) is 12.4 Å². The fourth-order valence-electron chi connectivity index (χ4n) is 3.18. The number of hydrogen-bond donors (Lipinski definition) is 0. The number of allylic oxidation sites excluding steroid dienone is 2.